The van der Waals surface area contributed by atoms with Crippen LogP contribution in [0.1, 0.15) is 18.4 Å². The van der Waals surface area contributed by atoms with Gasteiger partial charge in [-0.25, -0.2) is 5.10 Å². The number of anilines is 1. The molecule has 0 atom stereocenters. The molecule has 0 aromatic carbocycles. The van der Waals surface area contributed by atoms with Gasteiger partial charge in [0, 0.05) is 13.1 Å². The Morgan fingerprint density at radius 3 is 2.86 bits per heavy atom. The van der Waals surface area contributed by atoms with Crippen molar-refractivity contribution in [1.29, 1.82) is 5.26 Å². The van der Waals surface area contributed by atoms with Crippen LogP contribution in [-0.2, 0) is 0 Å². The first kappa shape index (κ1) is 8.75. The molecule has 1 aliphatic heterocycles. The van der Waals surface area contributed by atoms with Gasteiger partial charge in [0.25, 0.3) is 5.56 Å². The van der Waals surface area contributed by atoms with Gasteiger partial charge in [-0.1, -0.05) is 0 Å². The number of H-pyrrole nitrogens is 1. The number of rotatable bonds is 1. The van der Waals surface area contributed by atoms with Gasteiger partial charge in [0.2, 0.25) is 0 Å². The molecule has 1 aromatic rings. The molecule has 0 amide bonds. The molecule has 1 aliphatic rings. The SMILES string of the molecule is N#Cc1c(N2CCCC2)cn[nH]c1=O. The highest BCUT2D eigenvalue weighted by Crippen LogP contribution is 2.20. The molecule has 14 heavy (non-hydrogen) atoms. The van der Waals surface area contributed by atoms with E-state index in [-0.39, 0.29) is 5.56 Å². The summed E-state index contributed by atoms with van der Waals surface area (Å²) in [6.45, 7) is 1.81. The Balaban J connectivity index is 2.47. The van der Waals surface area contributed by atoms with E-state index in [1.54, 1.807) is 6.20 Å². The molecule has 1 fully saturated rings. The highest BCUT2D eigenvalue weighted by Gasteiger charge is 2.17. The number of hydrogen-bond acceptors (Lipinski definition) is 4. The molecule has 0 spiro atoms. The van der Waals surface area contributed by atoms with Crippen LogP contribution in [0.2, 0.25) is 0 Å². The van der Waals surface area contributed by atoms with Crippen molar-refractivity contribution in [1.82, 2.24) is 10.2 Å². The van der Waals surface area contributed by atoms with Gasteiger partial charge in [-0.3, -0.25) is 4.79 Å². The Hall–Kier alpha value is -1.83. The summed E-state index contributed by atoms with van der Waals surface area (Å²) in [7, 11) is 0. The third-order valence-electron chi connectivity index (χ3n) is 2.39. The largest absolute Gasteiger partial charge is 0.369 e. The third kappa shape index (κ3) is 1.35. The smallest absolute Gasteiger partial charge is 0.284 e. The van der Waals surface area contributed by atoms with Crippen LogP contribution in [0.15, 0.2) is 11.0 Å². The highest BCUT2D eigenvalue weighted by atomic mass is 16.1. The molecular formula is C9H10N4O. The van der Waals surface area contributed by atoms with E-state index in [0.29, 0.717) is 5.69 Å². The van der Waals surface area contributed by atoms with E-state index in [2.05, 4.69) is 10.2 Å². The molecule has 1 aromatic heterocycles. The Morgan fingerprint density at radius 1 is 1.50 bits per heavy atom. The first-order valence-electron chi connectivity index (χ1n) is 4.55. The maximum absolute atomic E-state index is 11.3. The Labute approximate surface area is 81.0 Å². The van der Waals surface area contributed by atoms with Crippen molar-refractivity contribution >= 4 is 5.69 Å². The number of nitrogens with one attached hydrogen (secondary N) is 1. The van der Waals surface area contributed by atoms with Crippen molar-refractivity contribution in [3.8, 4) is 6.07 Å². The highest BCUT2D eigenvalue weighted by molar-refractivity contribution is 5.56. The molecule has 2 rings (SSSR count). The van der Waals surface area contributed by atoms with Gasteiger partial charge in [-0.15, -0.1) is 0 Å². The zero-order chi connectivity index (χ0) is 9.97. The Bertz CT molecular complexity index is 425. The van der Waals surface area contributed by atoms with Crippen LogP contribution in [0.4, 0.5) is 5.69 Å². The lowest BCUT2D eigenvalue weighted by atomic mass is 10.2. The summed E-state index contributed by atoms with van der Waals surface area (Å²) in [6.07, 6.45) is 3.76. The summed E-state index contributed by atoms with van der Waals surface area (Å²) >= 11 is 0. The normalized spacial score (nSPS) is 15.5. The lowest BCUT2D eigenvalue weighted by molar-refractivity contribution is 0.914. The topological polar surface area (TPSA) is 72.8 Å². The summed E-state index contributed by atoms with van der Waals surface area (Å²) in [5.41, 5.74) is 0.424. The van der Waals surface area contributed by atoms with E-state index in [4.69, 9.17) is 5.26 Å². The monoisotopic (exact) mass is 190 g/mol. The van der Waals surface area contributed by atoms with Crippen molar-refractivity contribution in [2.24, 2.45) is 0 Å². The standard InChI is InChI=1S/C9H10N4O/c10-5-7-8(6-11-12-9(7)14)13-3-1-2-4-13/h6H,1-4H2,(H,12,14). The molecule has 5 nitrogen and oxygen atoms in total. The second-order valence-corrected chi connectivity index (χ2v) is 3.27. The summed E-state index contributed by atoms with van der Waals surface area (Å²) in [5, 5.41) is 14.8. The number of hydrogen-bond donors (Lipinski definition) is 1. The van der Waals surface area contributed by atoms with E-state index in [9.17, 15) is 4.79 Å². The van der Waals surface area contributed by atoms with Crippen LogP contribution in [0.3, 0.4) is 0 Å². The Kier molecular flexibility index (Phi) is 2.19. The van der Waals surface area contributed by atoms with Gasteiger partial charge in [0.05, 0.1) is 11.9 Å². The maximum Gasteiger partial charge on any atom is 0.284 e. The number of nitrogens with zero attached hydrogens (tertiary/aromatic N) is 3. The molecule has 72 valence electrons. The number of aromatic amines is 1. The molecule has 2 heterocycles. The fraction of sp³-hybridized carbons (Fsp3) is 0.444. The minimum Gasteiger partial charge on any atom is -0.369 e. The van der Waals surface area contributed by atoms with Crippen molar-refractivity contribution in [2.75, 3.05) is 18.0 Å². The van der Waals surface area contributed by atoms with E-state index in [1.165, 1.54) is 0 Å². The Morgan fingerprint density at radius 2 is 2.21 bits per heavy atom. The molecule has 1 N–H and O–H groups in total. The summed E-state index contributed by atoms with van der Waals surface area (Å²) in [5.74, 6) is 0. The van der Waals surface area contributed by atoms with Crippen molar-refractivity contribution < 1.29 is 0 Å². The second kappa shape index (κ2) is 3.50. The molecule has 0 aliphatic carbocycles. The lowest BCUT2D eigenvalue weighted by Crippen LogP contribution is -2.23. The third-order valence-corrected chi connectivity index (χ3v) is 2.39. The molecule has 0 saturated carbocycles. The van der Waals surface area contributed by atoms with Crippen LogP contribution in [0.25, 0.3) is 0 Å². The average molecular weight is 190 g/mol. The predicted molar refractivity (Wildman–Crippen MR) is 51.0 cm³/mol. The van der Waals surface area contributed by atoms with E-state index < -0.39 is 5.56 Å². The molecule has 1 saturated heterocycles. The number of nitriles is 1. The fourth-order valence-electron chi connectivity index (χ4n) is 1.69. The molecular weight excluding hydrogens is 180 g/mol. The van der Waals surface area contributed by atoms with Gasteiger partial charge in [-0.2, -0.15) is 10.4 Å². The van der Waals surface area contributed by atoms with Gasteiger partial charge in [0.15, 0.2) is 0 Å². The van der Waals surface area contributed by atoms with E-state index in [1.807, 2.05) is 11.0 Å². The zero-order valence-electron chi connectivity index (χ0n) is 7.66. The van der Waals surface area contributed by atoms with Crippen LogP contribution < -0.4 is 10.5 Å². The summed E-state index contributed by atoms with van der Waals surface area (Å²) in [4.78, 5) is 13.3. The first-order chi connectivity index (χ1) is 6.83. The first-order valence-corrected chi connectivity index (χ1v) is 4.55. The van der Waals surface area contributed by atoms with Gasteiger partial charge in [-0.05, 0) is 12.8 Å². The molecule has 0 radical (unpaired) electrons. The second-order valence-electron chi connectivity index (χ2n) is 3.27. The zero-order valence-corrected chi connectivity index (χ0v) is 7.66. The molecule has 5 heteroatoms. The van der Waals surface area contributed by atoms with E-state index >= 15 is 0 Å². The van der Waals surface area contributed by atoms with Crippen molar-refractivity contribution in [3.05, 3.63) is 22.1 Å². The van der Waals surface area contributed by atoms with Crippen molar-refractivity contribution in [3.63, 3.8) is 0 Å². The molecule has 0 unspecified atom stereocenters. The predicted octanol–water partition coefficient (Wildman–Crippen LogP) is 0.242. The van der Waals surface area contributed by atoms with Crippen LogP contribution in [-0.4, -0.2) is 23.3 Å². The number of aromatic nitrogens is 2. The maximum atomic E-state index is 11.3. The minimum absolute atomic E-state index is 0.168. The summed E-state index contributed by atoms with van der Waals surface area (Å²) in [6, 6.07) is 1.92. The van der Waals surface area contributed by atoms with Crippen LogP contribution in [0, 0.1) is 11.3 Å². The van der Waals surface area contributed by atoms with Crippen LogP contribution >= 0.6 is 0 Å². The van der Waals surface area contributed by atoms with Crippen LogP contribution in [0.5, 0.6) is 0 Å². The lowest BCUT2D eigenvalue weighted by Gasteiger charge is -2.16. The van der Waals surface area contributed by atoms with Gasteiger partial charge < -0.3 is 4.90 Å². The summed E-state index contributed by atoms with van der Waals surface area (Å²) < 4.78 is 0. The minimum atomic E-state index is -0.406. The van der Waals surface area contributed by atoms with E-state index in [0.717, 1.165) is 25.9 Å². The quantitative estimate of drug-likeness (QED) is 0.688. The average Bonchev–Trinajstić information content (AvgIpc) is 2.70. The van der Waals surface area contributed by atoms with Crippen molar-refractivity contribution in [2.45, 2.75) is 12.8 Å². The van der Waals surface area contributed by atoms with Gasteiger partial charge >= 0.3 is 0 Å². The fourth-order valence-corrected chi connectivity index (χ4v) is 1.69. The molecule has 0 bridgehead atoms. The van der Waals surface area contributed by atoms with Gasteiger partial charge in [0.1, 0.15) is 11.6 Å².